The fraction of sp³-hybridized carbons (Fsp3) is 0.391. The van der Waals surface area contributed by atoms with Crippen molar-refractivity contribution in [2.45, 2.75) is 53.0 Å². The van der Waals surface area contributed by atoms with E-state index in [9.17, 15) is 4.79 Å². The van der Waals surface area contributed by atoms with Crippen molar-refractivity contribution in [2.75, 3.05) is 16.5 Å². The third kappa shape index (κ3) is 5.61. The summed E-state index contributed by atoms with van der Waals surface area (Å²) in [6, 6.07) is 13.9. The van der Waals surface area contributed by atoms with Gasteiger partial charge in [-0.15, -0.1) is 0 Å². The van der Waals surface area contributed by atoms with Crippen molar-refractivity contribution in [3.63, 3.8) is 0 Å². The van der Waals surface area contributed by atoms with Crippen LogP contribution in [0.2, 0.25) is 0 Å². The number of amidine groups is 1. The van der Waals surface area contributed by atoms with Crippen LogP contribution in [0.1, 0.15) is 45.7 Å². The van der Waals surface area contributed by atoms with Crippen molar-refractivity contribution >= 4 is 40.4 Å². The van der Waals surface area contributed by atoms with Crippen molar-refractivity contribution < 1.29 is 4.79 Å². The normalized spacial score (nSPS) is 12.0. The molecular weight excluding hydrogens is 366 g/mol. The number of para-hydroxylation sites is 1. The molecule has 0 aliphatic rings. The molecule has 2 rings (SSSR count). The van der Waals surface area contributed by atoms with Crippen LogP contribution in [-0.4, -0.2) is 23.4 Å². The van der Waals surface area contributed by atoms with E-state index in [0.717, 1.165) is 41.5 Å². The quantitative estimate of drug-likeness (QED) is 0.367. The number of hydrogen-bond donors (Lipinski definition) is 1. The smallest absolute Gasteiger partial charge is 0.218 e. The number of aryl methyl sites for hydroxylation is 2. The maximum Gasteiger partial charge on any atom is 0.218 e. The molecule has 0 bridgehead atoms. The van der Waals surface area contributed by atoms with Crippen LogP contribution in [0.15, 0.2) is 47.5 Å². The first-order valence-corrected chi connectivity index (χ1v) is 10.9. The van der Waals surface area contributed by atoms with E-state index >= 15 is 0 Å². The minimum absolute atomic E-state index is 0.147. The van der Waals surface area contributed by atoms with Crippen LogP contribution in [0.3, 0.4) is 0 Å². The summed E-state index contributed by atoms with van der Waals surface area (Å²) in [7, 11) is 0. The lowest BCUT2D eigenvalue weighted by Gasteiger charge is -2.23. The average molecular weight is 398 g/mol. The van der Waals surface area contributed by atoms with Crippen LogP contribution < -0.4 is 10.2 Å². The molecule has 0 spiro atoms. The van der Waals surface area contributed by atoms with E-state index in [1.54, 1.807) is 16.7 Å². The third-order valence-corrected chi connectivity index (χ3v) is 4.91. The lowest BCUT2D eigenvalue weighted by molar-refractivity contribution is -0.106. The van der Waals surface area contributed by atoms with Crippen LogP contribution in [0, 0.1) is 0 Å². The van der Waals surface area contributed by atoms with Gasteiger partial charge in [-0.3, -0.25) is 14.7 Å². The zero-order valence-corrected chi connectivity index (χ0v) is 18.6. The van der Waals surface area contributed by atoms with Gasteiger partial charge in [0.25, 0.3) is 0 Å². The largest absolute Gasteiger partial charge is 0.335 e. The Hall–Kier alpha value is -2.27. The monoisotopic (exact) mass is 397 g/mol. The number of nitrogens with zero attached hydrogens (tertiary/aromatic N) is 2. The summed E-state index contributed by atoms with van der Waals surface area (Å²) in [5.74, 6) is 0. The van der Waals surface area contributed by atoms with E-state index in [2.05, 4.69) is 52.1 Å². The maximum absolute atomic E-state index is 11.9. The molecular formula is C23H31N3OS. The van der Waals surface area contributed by atoms with Gasteiger partial charge in [0, 0.05) is 17.1 Å². The molecule has 1 N–H and O–H groups in total. The molecule has 2 aromatic rings. The summed E-state index contributed by atoms with van der Waals surface area (Å²) in [6.45, 7) is 10.6. The van der Waals surface area contributed by atoms with Gasteiger partial charge < -0.3 is 5.32 Å². The van der Waals surface area contributed by atoms with Crippen LogP contribution in [0.4, 0.5) is 17.1 Å². The van der Waals surface area contributed by atoms with Crippen molar-refractivity contribution in [3.05, 3.63) is 53.6 Å². The highest BCUT2D eigenvalue weighted by Gasteiger charge is 2.17. The van der Waals surface area contributed by atoms with Crippen LogP contribution in [0.5, 0.6) is 0 Å². The Kier molecular flexibility index (Phi) is 7.69. The number of nitrogens with one attached hydrogen (secondary N) is 1. The summed E-state index contributed by atoms with van der Waals surface area (Å²) < 4.78 is 0. The summed E-state index contributed by atoms with van der Waals surface area (Å²) in [5, 5.41) is 4.46. The van der Waals surface area contributed by atoms with Crippen molar-refractivity contribution in [3.8, 4) is 0 Å². The number of carbonyl (C=O) groups is 1. The highest BCUT2D eigenvalue weighted by atomic mass is 32.2. The Balaban J connectivity index is 2.52. The van der Waals surface area contributed by atoms with Gasteiger partial charge in [0.1, 0.15) is 0 Å². The van der Waals surface area contributed by atoms with E-state index in [1.807, 2.05) is 36.6 Å². The number of carbonyl (C=O) groups excluding carboxylic acids is 1. The fourth-order valence-corrected chi connectivity index (χ4v) is 3.57. The molecule has 0 aliphatic heterocycles. The highest BCUT2D eigenvalue weighted by molar-refractivity contribution is 8.13. The molecule has 0 fully saturated rings. The molecule has 2 aromatic carbocycles. The summed E-state index contributed by atoms with van der Waals surface area (Å²) in [5.41, 5.74) is 5.05. The number of thioether (sulfide) groups is 1. The molecule has 0 unspecified atom stereocenters. The first-order valence-electron chi connectivity index (χ1n) is 9.69. The average Bonchev–Trinajstić information content (AvgIpc) is 2.68. The first-order chi connectivity index (χ1) is 13.3. The molecule has 0 saturated carbocycles. The molecule has 0 atom stereocenters. The van der Waals surface area contributed by atoms with Gasteiger partial charge in [-0.1, -0.05) is 43.8 Å². The van der Waals surface area contributed by atoms with E-state index in [4.69, 9.17) is 4.99 Å². The Labute approximate surface area is 173 Å². The van der Waals surface area contributed by atoms with Crippen molar-refractivity contribution in [1.29, 1.82) is 0 Å². The number of aliphatic imine (C=N–C) groups is 1. The highest BCUT2D eigenvalue weighted by Crippen LogP contribution is 2.33. The van der Waals surface area contributed by atoms with Gasteiger partial charge >= 0.3 is 0 Å². The third-order valence-electron chi connectivity index (χ3n) is 4.33. The van der Waals surface area contributed by atoms with Crippen LogP contribution >= 0.6 is 11.8 Å². The molecule has 28 heavy (non-hydrogen) atoms. The first kappa shape index (κ1) is 22.0. The SMILES string of the molecule is CCc1cc(N(C=O)c2ccccc2)cc(CC)c1N/C(=N/C(C)(C)C)SC. The molecule has 5 heteroatoms. The second kappa shape index (κ2) is 9.78. The Morgan fingerprint density at radius 2 is 1.64 bits per heavy atom. The maximum atomic E-state index is 11.9. The van der Waals surface area contributed by atoms with E-state index in [-0.39, 0.29) is 5.54 Å². The van der Waals surface area contributed by atoms with Crippen LogP contribution in [-0.2, 0) is 17.6 Å². The number of hydrogen-bond acceptors (Lipinski definition) is 3. The number of amides is 1. The molecule has 0 aromatic heterocycles. The zero-order chi connectivity index (χ0) is 20.7. The number of anilines is 3. The van der Waals surface area contributed by atoms with Crippen molar-refractivity contribution in [2.24, 2.45) is 4.99 Å². The molecule has 0 radical (unpaired) electrons. The minimum atomic E-state index is -0.147. The second-order valence-electron chi connectivity index (χ2n) is 7.57. The lowest BCUT2D eigenvalue weighted by atomic mass is 10.0. The Bertz CT molecular complexity index is 800. The topological polar surface area (TPSA) is 44.7 Å². The van der Waals surface area contributed by atoms with E-state index in [0.29, 0.717) is 0 Å². The Morgan fingerprint density at radius 3 is 2.07 bits per heavy atom. The van der Waals surface area contributed by atoms with Crippen LogP contribution in [0.25, 0.3) is 0 Å². The van der Waals surface area contributed by atoms with Gasteiger partial charge in [-0.25, -0.2) is 0 Å². The molecule has 0 aliphatic carbocycles. The summed E-state index contributed by atoms with van der Waals surface area (Å²) in [4.78, 5) is 18.4. The second-order valence-corrected chi connectivity index (χ2v) is 8.37. The molecule has 1 amide bonds. The Morgan fingerprint density at radius 1 is 1.07 bits per heavy atom. The summed E-state index contributed by atoms with van der Waals surface area (Å²) >= 11 is 1.61. The molecule has 0 saturated heterocycles. The molecule has 4 nitrogen and oxygen atoms in total. The zero-order valence-electron chi connectivity index (χ0n) is 17.7. The van der Waals surface area contributed by atoms with Gasteiger partial charge in [0.2, 0.25) is 6.41 Å². The predicted molar refractivity (Wildman–Crippen MR) is 124 cm³/mol. The van der Waals surface area contributed by atoms with Gasteiger partial charge in [0.15, 0.2) is 5.17 Å². The number of rotatable bonds is 6. The standard InChI is InChI=1S/C23H31N3OS/c1-7-17-14-20(26(16-27)19-12-10-9-11-13-19)15-18(8-2)21(17)24-22(28-6)25-23(3,4)5/h9-16H,7-8H2,1-6H3,(H,24,25). The molecule has 0 heterocycles. The summed E-state index contributed by atoms with van der Waals surface area (Å²) in [6.07, 6.45) is 4.64. The molecule has 150 valence electrons. The number of benzene rings is 2. The lowest BCUT2D eigenvalue weighted by Crippen LogP contribution is -2.20. The van der Waals surface area contributed by atoms with E-state index in [1.165, 1.54) is 11.1 Å². The van der Waals surface area contributed by atoms with Gasteiger partial charge in [-0.05, 0) is 75.3 Å². The van der Waals surface area contributed by atoms with Gasteiger partial charge in [0.05, 0.1) is 5.54 Å². The van der Waals surface area contributed by atoms with Crippen molar-refractivity contribution in [1.82, 2.24) is 0 Å². The van der Waals surface area contributed by atoms with Gasteiger partial charge in [-0.2, -0.15) is 0 Å². The minimum Gasteiger partial charge on any atom is -0.335 e. The predicted octanol–water partition coefficient (Wildman–Crippen LogP) is 6.04. The fourth-order valence-electron chi connectivity index (χ4n) is 3.00. The van der Waals surface area contributed by atoms with E-state index < -0.39 is 0 Å².